The highest BCUT2D eigenvalue weighted by molar-refractivity contribution is 7.89. The quantitative estimate of drug-likeness (QED) is 0.723. The zero-order valence-electron chi connectivity index (χ0n) is 14.0. The zero-order chi connectivity index (χ0) is 17.4. The van der Waals surface area contributed by atoms with Gasteiger partial charge in [-0.2, -0.15) is 4.31 Å². The smallest absolute Gasteiger partial charge is 0.243 e. The van der Waals surface area contributed by atoms with Crippen molar-refractivity contribution < 1.29 is 8.42 Å². The topological polar surface area (TPSA) is 67.6 Å². The summed E-state index contributed by atoms with van der Waals surface area (Å²) < 4.78 is 29.5. The number of piperidine rings is 1. The molecule has 1 atom stereocenters. The fourth-order valence-corrected chi connectivity index (χ4v) is 4.89. The molecule has 0 spiro atoms. The molecule has 0 N–H and O–H groups in total. The fourth-order valence-electron chi connectivity index (χ4n) is 3.37. The second kappa shape index (κ2) is 6.24. The number of pyridine rings is 1. The summed E-state index contributed by atoms with van der Waals surface area (Å²) in [5.41, 5.74) is 1.83. The van der Waals surface area contributed by atoms with Crippen LogP contribution in [0.2, 0.25) is 0 Å². The van der Waals surface area contributed by atoms with Crippen LogP contribution in [0.5, 0.6) is 0 Å². The molecule has 2 aromatic heterocycles. The molecule has 0 bridgehead atoms. The summed E-state index contributed by atoms with van der Waals surface area (Å²) in [6.07, 6.45) is 3.66. The van der Waals surface area contributed by atoms with E-state index in [4.69, 9.17) is 0 Å². The standard InChI is InChI=1S/C18H20N4O2S/c1-14-7-9-16(10-8-14)25(23,24)21-11-4-5-15(13-21)18-20-19-17-6-2-3-12-22(17)18/h2-3,6-10,12,15H,4-5,11,13H2,1H3. The Morgan fingerprint density at radius 3 is 2.68 bits per heavy atom. The Labute approximate surface area is 147 Å². The second-order valence-electron chi connectivity index (χ2n) is 6.50. The third-order valence-corrected chi connectivity index (χ3v) is 6.63. The maximum atomic E-state index is 13.0. The van der Waals surface area contributed by atoms with Crippen LogP contribution >= 0.6 is 0 Å². The van der Waals surface area contributed by atoms with Gasteiger partial charge in [-0.3, -0.25) is 4.40 Å². The van der Waals surface area contributed by atoms with Gasteiger partial charge in [-0.15, -0.1) is 10.2 Å². The summed E-state index contributed by atoms with van der Waals surface area (Å²) in [4.78, 5) is 0.352. The molecule has 130 valence electrons. The SMILES string of the molecule is Cc1ccc(S(=O)(=O)N2CCCC(c3nnc4ccccn34)C2)cc1. The van der Waals surface area contributed by atoms with E-state index in [1.165, 1.54) is 0 Å². The maximum Gasteiger partial charge on any atom is 0.243 e. The molecule has 25 heavy (non-hydrogen) atoms. The molecule has 3 heterocycles. The molecule has 3 aromatic rings. The van der Waals surface area contributed by atoms with Crippen LogP contribution < -0.4 is 0 Å². The number of rotatable bonds is 3. The zero-order valence-corrected chi connectivity index (χ0v) is 14.9. The molecule has 0 radical (unpaired) electrons. The van der Waals surface area contributed by atoms with Crippen LogP contribution in [0.4, 0.5) is 0 Å². The van der Waals surface area contributed by atoms with Crippen LogP contribution in [-0.2, 0) is 10.0 Å². The largest absolute Gasteiger partial charge is 0.286 e. The van der Waals surface area contributed by atoms with Crippen LogP contribution in [0.15, 0.2) is 53.6 Å². The van der Waals surface area contributed by atoms with Crippen molar-refractivity contribution in [2.24, 2.45) is 0 Å². The van der Waals surface area contributed by atoms with Crippen molar-refractivity contribution in [3.8, 4) is 0 Å². The molecule has 6 nitrogen and oxygen atoms in total. The van der Waals surface area contributed by atoms with Crippen LogP contribution in [0.1, 0.15) is 30.1 Å². The lowest BCUT2D eigenvalue weighted by Gasteiger charge is -2.31. The third-order valence-electron chi connectivity index (χ3n) is 4.75. The summed E-state index contributed by atoms with van der Waals surface area (Å²) in [5.74, 6) is 0.880. The lowest BCUT2D eigenvalue weighted by molar-refractivity contribution is 0.308. The van der Waals surface area contributed by atoms with Crippen LogP contribution in [0.25, 0.3) is 5.65 Å². The molecule has 1 saturated heterocycles. The van der Waals surface area contributed by atoms with E-state index < -0.39 is 10.0 Å². The van der Waals surface area contributed by atoms with E-state index in [0.717, 1.165) is 29.9 Å². The Balaban J connectivity index is 1.63. The third kappa shape index (κ3) is 2.94. The highest BCUT2D eigenvalue weighted by atomic mass is 32.2. The minimum absolute atomic E-state index is 0.0476. The predicted molar refractivity (Wildman–Crippen MR) is 94.9 cm³/mol. The van der Waals surface area contributed by atoms with Gasteiger partial charge in [0.2, 0.25) is 10.0 Å². The Bertz CT molecular complexity index is 995. The van der Waals surface area contributed by atoms with E-state index in [2.05, 4.69) is 10.2 Å². The fraction of sp³-hybridized carbons (Fsp3) is 0.333. The Hall–Kier alpha value is -2.25. The summed E-state index contributed by atoms with van der Waals surface area (Å²) in [6, 6.07) is 12.8. The van der Waals surface area contributed by atoms with Crippen molar-refractivity contribution in [2.75, 3.05) is 13.1 Å². The molecule has 0 amide bonds. The Morgan fingerprint density at radius 1 is 1.08 bits per heavy atom. The predicted octanol–water partition coefficient (Wildman–Crippen LogP) is 2.61. The van der Waals surface area contributed by atoms with Crippen LogP contribution in [-0.4, -0.2) is 40.4 Å². The van der Waals surface area contributed by atoms with Gasteiger partial charge in [-0.05, 0) is 44.0 Å². The second-order valence-corrected chi connectivity index (χ2v) is 8.44. The van der Waals surface area contributed by atoms with E-state index in [9.17, 15) is 8.42 Å². The van der Waals surface area contributed by atoms with Crippen LogP contribution in [0, 0.1) is 6.92 Å². The normalized spacial score (nSPS) is 19.3. The van der Waals surface area contributed by atoms with Crippen molar-refractivity contribution in [2.45, 2.75) is 30.6 Å². The highest BCUT2D eigenvalue weighted by Gasteiger charge is 2.32. The number of sulfonamides is 1. The van der Waals surface area contributed by atoms with Gasteiger partial charge in [-0.25, -0.2) is 8.42 Å². The minimum atomic E-state index is -3.48. The monoisotopic (exact) mass is 356 g/mol. The molecule has 0 aliphatic carbocycles. The summed E-state index contributed by atoms with van der Waals surface area (Å²) in [5, 5.41) is 8.51. The first-order valence-corrected chi connectivity index (χ1v) is 9.86. The number of aromatic nitrogens is 3. The van der Waals surface area contributed by atoms with Gasteiger partial charge >= 0.3 is 0 Å². The van der Waals surface area contributed by atoms with Crippen molar-refractivity contribution in [1.29, 1.82) is 0 Å². The lowest BCUT2D eigenvalue weighted by atomic mass is 9.99. The lowest BCUT2D eigenvalue weighted by Crippen LogP contribution is -2.39. The van der Waals surface area contributed by atoms with Gasteiger partial charge in [0.15, 0.2) is 5.65 Å². The van der Waals surface area contributed by atoms with E-state index >= 15 is 0 Å². The van der Waals surface area contributed by atoms with Crippen molar-refractivity contribution >= 4 is 15.7 Å². The maximum absolute atomic E-state index is 13.0. The molecular formula is C18H20N4O2S. The van der Waals surface area contributed by atoms with E-state index in [1.807, 2.05) is 47.9 Å². The van der Waals surface area contributed by atoms with Gasteiger partial charge in [0.1, 0.15) is 5.82 Å². The molecule has 1 aromatic carbocycles. The van der Waals surface area contributed by atoms with Gasteiger partial charge in [0, 0.05) is 25.2 Å². The number of aryl methyl sites for hydroxylation is 1. The van der Waals surface area contributed by atoms with Gasteiger partial charge < -0.3 is 0 Å². The molecule has 0 saturated carbocycles. The number of fused-ring (bicyclic) bond motifs is 1. The number of benzene rings is 1. The summed E-state index contributed by atoms with van der Waals surface area (Å²) >= 11 is 0. The van der Waals surface area contributed by atoms with E-state index in [-0.39, 0.29) is 5.92 Å². The first-order valence-electron chi connectivity index (χ1n) is 8.42. The minimum Gasteiger partial charge on any atom is -0.286 e. The van der Waals surface area contributed by atoms with Crippen molar-refractivity contribution in [1.82, 2.24) is 18.9 Å². The molecule has 1 aliphatic heterocycles. The average Bonchev–Trinajstić information content (AvgIpc) is 3.06. The van der Waals surface area contributed by atoms with Crippen molar-refractivity contribution in [3.63, 3.8) is 0 Å². The molecule has 4 rings (SSSR count). The summed E-state index contributed by atoms with van der Waals surface area (Å²) in [6.45, 7) is 2.93. The van der Waals surface area contributed by atoms with Gasteiger partial charge in [0.05, 0.1) is 4.90 Å². The van der Waals surface area contributed by atoms with Crippen molar-refractivity contribution in [3.05, 3.63) is 60.0 Å². The molecular weight excluding hydrogens is 336 g/mol. The average molecular weight is 356 g/mol. The number of hydrogen-bond donors (Lipinski definition) is 0. The van der Waals surface area contributed by atoms with E-state index in [0.29, 0.717) is 18.0 Å². The number of nitrogens with zero attached hydrogens (tertiary/aromatic N) is 4. The first kappa shape index (κ1) is 16.2. The highest BCUT2D eigenvalue weighted by Crippen LogP contribution is 2.29. The molecule has 7 heteroatoms. The summed E-state index contributed by atoms with van der Waals surface area (Å²) in [7, 11) is -3.48. The molecule has 1 unspecified atom stereocenters. The molecule has 1 fully saturated rings. The van der Waals surface area contributed by atoms with Gasteiger partial charge in [-0.1, -0.05) is 23.8 Å². The number of hydrogen-bond acceptors (Lipinski definition) is 4. The Kier molecular flexibility index (Phi) is 4.05. The Morgan fingerprint density at radius 2 is 1.88 bits per heavy atom. The van der Waals surface area contributed by atoms with E-state index in [1.54, 1.807) is 16.4 Å². The molecule has 1 aliphatic rings. The van der Waals surface area contributed by atoms with Gasteiger partial charge in [0.25, 0.3) is 0 Å². The first-order chi connectivity index (χ1) is 12.1. The van der Waals surface area contributed by atoms with Crippen LogP contribution in [0.3, 0.4) is 0 Å².